The van der Waals surface area contributed by atoms with E-state index in [1.165, 1.54) is 50.2 Å². The molecule has 1 N–H and O–H groups in total. The molecule has 5 nitrogen and oxygen atoms in total. The summed E-state index contributed by atoms with van der Waals surface area (Å²) in [5.74, 6) is -2.65. The number of hydrogen-bond acceptors (Lipinski definition) is 4. The summed E-state index contributed by atoms with van der Waals surface area (Å²) in [5.41, 5.74) is 0.318. The number of allylic oxidation sites excluding steroid dienone is 1. The van der Waals surface area contributed by atoms with E-state index in [0.717, 1.165) is 6.20 Å². The quantitative estimate of drug-likeness (QED) is 0.456. The number of rotatable bonds is 9. The van der Waals surface area contributed by atoms with Gasteiger partial charge in [0.2, 0.25) is 5.91 Å². The largest absolute Gasteiger partial charge is 0.400 e. The number of alkyl halides is 3. The van der Waals surface area contributed by atoms with Gasteiger partial charge in [-0.15, -0.1) is 0 Å². The fourth-order valence-corrected chi connectivity index (χ4v) is 4.41. The van der Waals surface area contributed by atoms with Crippen LogP contribution in [0.4, 0.5) is 13.2 Å². The number of amides is 1. The second-order valence-corrected chi connectivity index (χ2v) is 10.2. The van der Waals surface area contributed by atoms with Crippen LogP contribution < -0.4 is 5.32 Å². The van der Waals surface area contributed by atoms with Gasteiger partial charge in [-0.1, -0.05) is 48.9 Å². The SMILES string of the molecule is CCN=C(c1ccccc1Cl)C(C(C)=CNC(=O)Cc1ccc(S(=O)(=O)CC)cc1)C(F)(F)F. The van der Waals surface area contributed by atoms with Gasteiger partial charge in [0.05, 0.1) is 22.8 Å². The first-order valence-electron chi connectivity index (χ1n) is 10.5. The molecule has 0 fully saturated rings. The second kappa shape index (κ2) is 11.7. The van der Waals surface area contributed by atoms with Crippen LogP contribution in [-0.2, 0) is 21.1 Å². The Hall–Kier alpha value is -2.65. The lowest BCUT2D eigenvalue weighted by atomic mass is 9.90. The molecule has 0 saturated carbocycles. The average molecular weight is 515 g/mol. The molecule has 184 valence electrons. The predicted molar refractivity (Wildman–Crippen MR) is 128 cm³/mol. The molecule has 1 unspecified atom stereocenters. The summed E-state index contributed by atoms with van der Waals surface area (Å²) in [6, 6.07) is 12.0. The van der Waals surface area contributed by atoms with E-state index in [9.17, 15) is 26.4 Å². The Balaban J connectivity index is 2.24. The van der Waals surface area contributed by atoms with Crippen LogP contribution in [0.15, 0.2) is 70.2 Å². The monoisotopic (exact) mass is 514 g/mol. The molecule has 2 aromatic rings. The van der Waals surface area contributed by atoms with E-state index < -0.39 is 27.8 Å². The maximum Gasteiger partial charge on any atom is 0.400 e. The summed E-state index contributed by atoms with van der Waals surface area (Å²) in [6.45, 7) is 4.55. The Morgan fingerprint density at radius 3 is 2.26 bits per heavy atom. The summed E-state index contributed by atoms with van der Waals surface area (Å²) >= 11 is 6.14. The minimum atomic E-state index is -4.67. The lowest BCUT2D eigenvalue weighted by Crippen LogP contribution is -2.34. The van der Waals surface area contributed by atoms with Crippen LogP contribution in [0.25, 0.3) is 0 Å². The van der Waals surface area contributed by atoms with E-state index in [0.29, 0.717) is 5.56 Å². The van der Waals surface area contributed by atoms with Gasteiger partial charge in [-0.25, -0.2) is 8.42 Å². The second-order valence-electron chi connectivity index (χ2n) is 7.49. The zero-order chi connectivity index (χ0) is 25.5. The van der Waals surface area contributed by atoms with Crippen molar-refractivity contribution in [1.82, 2.24) is 5.32 Å². The molecule has 2 rings (SSSR count). The fourth-order valence-electron chi connectivity index (χ4n) is 3.30. The molecule has 1 atom stereocenters. The Bertz CT molecular complexity index is 1170. The van der Waals surface area contributed by atoms with Crippen molar-refractivity contribution >= 4 is 33.1 Å². The maximum absolute atomic E-state index is 14.1. The van der Waals surface area contributed by atoms with E-state index in [4.69, 9.17) is 11.6 Å². The highest BCUT2D eigenvalue weighted by molar-refractivity contribution is 7.91. The molecule has 0 aliphatic heterocycles. The highest BCUT2D eigenvalue weighted by Crippen LogP contribution is 2.36. The first kappa shape index (κ1) is 27.6. The van der Waals surface area contributed by atoms with Gasteiger partial charge in [0.1, 0.15) is 5.92 Å². The van der Waals surface area contributed by atoms with Crippen molar-refractivity contribution in [3.8, 4) is 0 Å². The van der Waals surface area contributed by atoms with Crippen LogP contribution in [0.2, 0.25) is 5.02 Å². The molecule has 0 bridgehead atoms. The molecule has 2 aromatic carbocycles. The van der Waals surface area contributed by atoms with Crippen molar-refractivity contribution in [2.45, 2.75) is 38.3 Å². The summed E-state index contributed by atoms with van der Waals surface area (Å²) in [4.78, 5) is 16.6. The van der Waals surface area contributed by atoms with Gasteiger partial charge in [0, 0.05) is 23.3 Å². The van der Waals surface area contributed by atoms with Crippen LogP contribution in [0.3, 0.4) is 0 Å². The fraction of sp³-hybridized carbons (Fsp3) is 0.333. The number of nitrogens with one attached hydrogen (secondary N) is 1. The Labute approximate surface area is 202 Å². The molecular formula is C24H26ClF3N2O3S. The van der Waals surface area contributed by atoms with Gasteiger partial charge in [0.15, 0.2) is 9.84 Å². The van der Waals surface area contributed by atoms with Crippen LogP contribution in [0.5, 0.6) is 0 Å². The predicted octanol–water partition coefficient (Wildman–Crippen LogP) is 5.38. The molecular weight excluding hydrogens is 489 g/mol. The molecule has 10 heteroatoms. The number of halogens is 4. The van der Waals surface area contributed by atoms with Crippen molar-refractivity contribution in [3.63, 3.8) is 0 Å². The van der Waals surface area contributed by atoms with Crippen molar-refractivity contribution < 1.29 is 26.4 Å². The molecule has 0 aliphatic carbocycles. The lowest BCUT2D eigenvalue weighted by Gasteiger charge is -2.24. The zero-order valence-corrected chi connectivity index (χ0v) is 20.6. The van der Waals surface area contributed by atoms with E-state index in [-0.39, 0.29) is 45.5 Å². The van der Waals surface area contributed by atoms with Gasteiger partial charge < -0.3 is 5.32 Å². The molecule has 0 aromatic heterocycles. The lowest BCUT2D eigenvalue weighted by molar-refractivity contribution is -0.146. The molecule has 0 radical (unpaired) electrons. The number of hydrogen-bond donors (Lipinski definition) is 1. The third kappa shape index (κ3) is 7.17. The summed E-state index contributed by atoms with van der Waals surface area (Å²) < 4.78 is 66.0. The first-order chi connectivity index (χ1) is 15.9. The molecule has 0 spiro atoms. The number of benzene rings is 2. The van der Waals surface area contributed by atoms with Crippen LogP contribution in [0.1, 0.15) is 31.9 Å². The zero-order valence-electron chi connectivity index (χ0n) is 19.0. The number of nitrogens with zero attached hydrogens (tertiary/aromatic N) is 1. The third-order valence-electron chi connectivity index (χ3n) is 5.02. The van der Waals surface area contributed by atoms with Crippen LogP contribution in [0, 0.1) is 5.92 Å². The summed E-state index contributed by atoms with van der Waals surface area (Å²) in [7, 11) is -3.36. The number of sulfone groups is 1. The molecule has 0 heterocycles. The van der Waals surface area contributed by atoms with E-state index >= 15 is 0 Å². The minimum Gasteiger partial charge on any atom is -0.332 e. The minimum absolute atomic E-state index is 0.0468. The Morgan fingerprint density at radius 1 is 1.12 bits per heavy atom. The normalized spacial score (nSPS) is 14.1. The van der Waals surface area contributed by atoms with Gasteiger partial charge in [0.25, 0.3) is 0 Å². The van der Waals surface area contributed by atoms with Gasteiger partial charge >= 0.3 is 6.18 Å². The van der Waals surface area contributed by atoms with Crippen molar-refractivity contribution in [2.24, 2.45) is 10.9 Å². The maximum atomic E-state index is 14.1. The standard InChI is InChI=1S/C24H26ClF3N2O3S/c1-4-29-23(19-8-6-7-9-20(19)25)22(24(26,27)28)16(3)15-30-21(31)14-17-10-12-18(13-11-17)34(32,33)5-2/h6-13,15,22H,4-5,14H2,1-3H3,(H,30,31). The van der Waals surface area contributed by atoms with Gasteiger partial charge in [-0.05, 0) is 43.2 Å². The third-order valence-corrected chi connectivity index (χ3v) is 7.10. The summed E-state index contributed by atoms with van der Waals surface area (Å²) in [6.07, 6.45) is -3.77. The van der Waals surface area contributed by atoms with Crippen LogP contribution >= 0.6 is 11.6 Å². The Morgan fingerprint density at radius 2 is 1.74 bits per heavy atom. The van der Waals surface area contributed by atoms with Crippen molar-refractivity contribution in [1.29, 1.82) is 0 Å². The molecule has 1 amide bonds. The molecule has 34 heavy (non-hydrogen) atoms. The highest BCUT2D eigenvalue weighted by atomic mass is 35.5. The molecule has 0 saturated heterocycles. The van der Waals surface area contributed by atoms with Crippen LogP contribution in [-0.4, -0.2) is 38.5 Å². The van der Waals surface area contributed by atoms with E-state index in [1.54, 1.807) is 19.1 Å². The highest BCUT2D eigenvalue weighted by Gasteiger charge is 2.45. The van der Waals surface area contributed by atoms with Gasteiger partial charge in [-0.3, -0.25) is 9.79 Å². The summed E-state index contributed by atoms with van der Waals surface area (Å²) in [5, 5.41) is 2.54. The average Bonchev–Trinajstić information content (AvgIpc) is 2.77. The van der Waals surface area contributed by atoms with E-state index in [1.807, 2.05) is 0 Å². The number of aliphatic imine (C=N–C) groups is 1. The molecule has 0 aliphatic rings. The van der Waals surface area contributed by atoms with Crippen molar-refractivity contribution in [3.05, 3.63) is 76.5 Å². The topological polar surface area (TPSA) is 75.6 Å². The number of carbonyl (C=O) groups is 1. The smallest absolute Gasteiger partial charge is 0.332 e. The van der Waals surface area contributed by atoms with Crippen molar-refractivity contribution in [2.75, 3.05) is 12.3 Å². The first-order valence-corrected chi connectivity index (χ1v) is 12.6. The van der Waals surface area contributed by atoms with Gasteiger partial charge in [-0.2, -0.15) is 13.2 Å². The van der Waals surface area contributed by atoms with E-state index in [2.05, 4.69) is 10.3 Å². The Kier molecular flexibility index (Phi) is 9.46. The number of carbonyl (C=O) groups excluding carboxylic acids is 1.